The number of aromatic amines is 1. The van der Waals surface area contributed by atoms with E-state index in [2.05, 4.69) is 15.0 Å². The average Bonchev–Trinajstić information content (AvgIpc) is 2.62. The van der Waals surface area contributed by atoms with Crippen molar-refractivity contribution in [3.63, 3.8) is 0 Å². The second-order valence-electron chi connectivity index (χ2n) is 6.83. The molecule has 0 saturated heterocycles. The number of nitrogens with zero attached hydrogens (tertiary/aromatic N) is 3. The van der Waals surface area contributed by atoms with Gasteiger partial charge in [-0.1, -0.05) is 6.42 Å². The summed E-state index contributed by atoms with van der Waals surface area (Å²) < 4.78 is 1.50. The molecule has 0 amide bonds. The highest BCUT2D eigenvalue weighted by atomic mass is 16.3. The highest BCUT2D eigenvalue weighted by molar-refractivity contribution is 5.88. The summed E-state index contributed by atoms with van der Waals surface area (Å²) in [7, 11) is 0. The topological polar surface area (TPSA) is 101 Å². The number of phenols is 1. The van der Waals surface area contributed by atoms with Gasteiger partial charge in [-0.2, -0.15) is 0 Å². The summed E-state index contributed by atoms with van der Waals surface area (Å²) in [4.78, 5) is 38.2. The molecule has 0 spiro atoms. The Morgan fingerprint density at radius 1 is 1.11 bits per heavy atom. The van der Waals surface area contributed by atoms with Crippen LogP contribution in [0.4, 0.5) is 0 Å². The minimum atomic E-state index is -0.426. The van der Waals surface area contributed by atoms with Crippen molar-refractivity contribution in [1.29, 1.82) is 0 Å². The molecule has 2 N–H and O–H groups in total. The van der Waals surface area contributed by atoms with E-state index in [-0.39, 0.29) is 22.6 Å². The minimum absolute atomic E-state index is 0.00246. The van der Waals surface area contributed by atoms with Crippen LogP contribution in [0, 0.1) is 0 Å². The molecule has 0 aliphatic heterocycles. The molecule has 1 fully saturated rings. The predicted octanol–water partition coefficient (Wildman–Crippen LogP) is 2.60. The largest absolute Gasteiger partial charge is 0.508 e. The highest BCUT2D eigenvalue weighted by Crippen LogP contribution is 2.36. The lowest BCUT2D eigenvalue weighted by Crippen LogP contribution is -2.31. The third-order valence-electron chi connectivity index (χ3n) is 5.19. The predicted molar refractivity (Wildman–Crippen MR) is 102 cm³/mol. The number of hydrogen-bond acceptors (Lipinski definition) is 5. The Labute approximate surface area is 153 Å². The van der Waals surface area contributed by atoms with Gasteiger partial charge in [0, 0.05) is 12.1 Å². The van der Waals surface area contributed by atoms with Crippen molar-refractivity contribution < 1.29 is 5.11 Å². The number of phenolic OH excluding ortho intramolecular Hbond substituents is 1. The van der Waals surface area contributed by atoms with E-state index in [4.69, 9.17) is 0 Å². The van der Waals surface area contributed by atoms with Crippen LogP contribution in [0.2, 0.25) is 0 Å². The molecular formula is C20H16N4O3. The maximum absolute atomic E-state index is 13.4. The Kier molecular flexibility index (Phi) is 3.36. The molecule has 1 aromatic carbocycles. The molecule has 4 aromatic rings. The highest BCUT2D eigenvalue weighted by Gasteiger charge is 2.27. The third-order valence-corrected chi connectivity index (χ3v) is 5.19. The Morgan fingerprint density at radius 2 is 1.89 bits per heavy atom. The lowest BCUT2D eigenvalue weighted by molar-refractivity contribution is 0.394. The molecule has 1 saturated carbocycles. The quantitative estimate of drug-likeness (QED) is 0.535. The van der Waals surface area contributed by atoms with Crippen molar-refractivity contribution in [3.05, 3.63) is 69.0 Å². The van der Waals surface area contributed by atoms with E-state index >= 15 is 0 Å². The number of fused-ring (bicyclic) bond motifs is 2. The van der Waals surface area contributed by atoms with Gasteiger partial charge in [0.2, 0.25) is 5.43 Å². The molecule has 7 nitrogen and oxygen atoms in total. The number of H-pyrrole nitrogens is 1. The van der Waals surface area contributed by atoms with E-state index in [0.717, 1.165) is 19.3 Å². The van der Waals surface area contributed by atoms with Crippen LogP contribution < -0.4 is 11.0 Å². The van der Waals surface area contributed by atoms with Crippen molar-refractivity contribution in [3.8, 4) is 11.4 Å². The first kappa shape index (κ1) is 15.7. The van der Waals surface area contributed by atoms with Crippen LogP contribution in [-0.2, 0) is 0 Å². The van der Waals surface area contributed by atoms with Crippen LogP contribution in [0.15, 0.2) is 52.2 Å². The second kappa shape index (κ2) is 5.77. The van der Waals surface area contributed by atoms with Crippen molar-refractivity contribution in [2.75, 3.05) is 0 Å². The van der Waals surface area contributed by atoms with Gasteiger partial charge in [0.25, 0.3) is 5.56 Å². The van der Waals surface area contributed by atoms with Crippen LogP contribution in [-0.4, -0.2) is 24.6 Å². The summed E-state index contributed by atoms with van der Waals surface area (Å²) in [5.41, 5.74) is 0.810. The van der Waals surface area contributed by atoms with Gasteiger partial charge in [-0.05, 0) is 49.2 Å². The van der Waals surface area contributed by atoms with Crippen molar-refractivity contribution in [1.82, 2.24) is 19.5 Å². The van der Waals surface area contributed by atoms with Gasteiger partial charge in [0.05, 0.1) is 11.2 Å². The number of aromatic nitrogens is 4. The van der Waals surface area contributed by atoms with E-state index in [1.165, 1.54) is 22.9 Å². The van der Waals surface area contributed by atoms with Crippen molar-refractivity contribution in [2.24, 2.45) is 0 Å². The summed E-state index contributed by atoms with van der Waals surface area (Å²) in [5.74, 6) is 0.922. The van der Waals surface area contributed by atoms with Gasteiger partial charge in [-0.15, -0.1) is 0 Å². The summed E-state index contributed by atoms with van der Waals surface area (Å²) in [6.07, 6.45) is 4.52. The molecule has 1 aliphatic carbocycles. The number of pyridine rings is 2. The zero-order valence-electron chi connectivity index (χ0n) is 14.3. The van der Waals surface area contributed by atoms with Gasteiger partial charge in [-0.3, -0.25) is 19.1 Å². The fourth-order valence-electron chi connectivity index (χ4n) is 3.56. The molecular weight excluding hydrogens is 344 g/mol. The molecule has 27 heavy (non-hydrogen) atoms. The zero-order chi connectivity index (χ0) is 18.5. The number of benzene rings is 1. The standard InChI is InChI=1S/C20H16N4O3/c25-13-8-6-12(7-9-13)24-19(11-3-1-4-11)23-18-15(20(24)27)17(26)16-14(22-18)5-2-10-21-16/h2,5-11,25H,1,3-4H2,(H,22,26). The minimum Gasteiger partial charge on any atom is -0.508 e. The SMILES string of the molecule is O=c1c2ncccc2[nH]c2nc(C3CCC3)n(-c3ccc(O)cc3)c(=O)c12. The van der Waals surface area contributed by atoms with E-state index in [1.54, 1.807) is 24.3 Å². The Morgan fingerprint density at radius 3 is 2.59 bits per heavy atom. The Bertz CT molecular complexity index is 1300. The van der Waals surface area contributed by atoms with Gasteiger partial charge < -0.3 is 10.1 Å². The Hall–Kier alpha value is -3.48. The summed E-state index contributed by atoms with van der Waals surface area (Å²) in [5, 5.41) is 9.57. The molecule has 0 bridgehead atoms. The van der Waals surface area contributed by atoms with Crippen molar-refractivity contribution in [2.45, 2.75) is 25.2 Å². The summed E-state index contributed by atoms with van der Waals surface area (Å²) in [6.45, 7) is 0. The zero-order valence-corrected chi connectivity index (χ0v) is 14.3. The normalized spacial score (nSPS) is 14.5. The number of hydrogen-bond donors (Lipinski definition) is 2. The molecule has 5 rings (SSSR count). The second-order valence-corrected chi connectivity index (χ2v) is 6.83. The average molecular weight is 360 g/mol. The van der Waals surface area contributed by atoms with Crippen LogP contribution in [0.3, 0.4) is 0 Å². The van der Waals surface area contributed by atoms with Crippen LogP contribution in [0.5, 0.6) is 5.75 Å². The monoisotopic (exact) mass is 360 g/mol. The smallest absolute Gasteiger partial charge is 0.271 e. The van der Waals surface area contributed by atoms with Gasteiger partial charge >= 0.3 is 0 Å². The molecule has 0 unspecified atom stereocenters. The fraction of sp³-hybridized carbons (Fsp3) is 0.200. The van der Waals surface area contributed by atoms with Gasteiger partial charge in [-0.25, -0.2) is 4.98 Å². The number of aromatic hydroxyl groups is 1. The maximum atomic E-state index is 13.4. The molecule has 134 valence electrons. The van der Waals surface area contributed by atoms with E-state index < -0.39 is 11.0 Å². The number of nitrogens with one attached hydrogen (secondary N) is 1. The first-order chi connectivity index (χ1) is 13.1. The fourth-order valence-corrected chi connectivity index (χ4v) is 3.56. The first-order valence-corrected chi connectivity index (χ1v) is 8.86. The summed E-state index contributed by atoms with van der Waals surface area (Å²) in [6, 6.07) is 9.82. The molecule has 7 heteroatoms. The van der Waals surface area contributed by atoms with E-state index in [9.17, 15) is 14.7 Å². The first-order valence-electron chi connectivity index (χ1n) is 8.86. The molecule has 0 radical (unpaired) electrons. The number of rotatable bonds is 2. The lowest BCUT2D eigenvalue weighted by Gasteiger charge is -2.27. The third kappa shape index (κ3) is 2.35. The lowest BCUT2D eigenvalue weighted by atomic mass is 9.84. The van der Waals surface area contributed by atoms with Crippen molar-refractivity contribution >= 4 is 22.1 Å². The van der Waals surface area contributed by atoms with Gasteiger partial charge in [0.1, 0.15) is 28.1 Å². The summed E-state index contributed by atoms with van der Waals surface area (Å²) >= 11 is 0. The van der Waals surface area contributed by atoms with Crippen LogP contribution >= 0.6 is 0 Å². The Balaban J connectivity index is 1.92. The van der Waals surface area contributed by atoms with E-state index in [1.807, 2.05) is 0 Å². The maximum Gasteiger partial charge on any atom is 0.271 e. The van der Waals surface area contributed by atoms with E-state index in [0.29, 0.717) is 22.7 Å². The molecule has 3 heterocycles. The van der Waals surface area contributed by atoms with Crippen LogP contribution in [0.1, 0.15) is 31.0 Å². The van der Waals surface area contributed by atoms with Crippen LogP contribution in [0.25, 0.3) is 27.8 Å². The molecule has 3 aromatic heterocycles. The molecule has 1 aliphatic rings. The van der Waals surface area contributed by atoms with Gasteiger partial charge in [0.15, 0.2) is 0 Å². The molecule has 0 atom stereocenters.